The largest absolute Gasteiger partial charge is 0.508 e. The predicted octanol–water partition coefficient (Wildman–Crippen LogP) is 5.01. The van der Waals surface area contributed by atoms with Gasteiger partial charge in [0.15, 0.2) is 0 Å². The smallest absolute Gasteiger partial charge is 0.117 e. The third-order valence-electron chi connectivity index (χ3n) is 5.07. The topological polar surface area (TPSA) is 44.3 Å². The van der Waals surface area contributed by atoms with Crippen LogP contribution in [0.5, 0.6) is 5.75 Å². The molecule has 25 heavy (non-hydrogen) atoms. The number of allylic oxidation sites excluding steroid dienone is 2. The van der Waals surface area contributed by atoms with Gasteiger partial charge in [-0.05, 0) is 95.2 Å². The van der Waals surface area contributed by atoms with Crippen LogP contribution in [0.2, 0.25) is 0 Å². The number of phenols is 1. The standard InChI is InChI=1S/C19H20Br2N2O.CH4/c20-14-7-13-2-1-12-8-15(24)9-16(21)17(12)18(19(13)23-10-14)11-3-5-22-6-4-11;/h7-10,19,22-24H,1-6H2;1H4. The number of benzene rings is 1. The second-order valence-corrected chi connectivity index (χ2v) is 8.35. The summed E-state index contributed by atoms with van der Waals surface area (Å²) in [6.45, 7) is 2.07. The van der Waals surface area contributed by atoms with Crippen molar-refractivity contribution in [2.24, 2.45) is 0 Å². The first kappa shape index (κ1) is 18.7. The van der Waals surface area contributed by atoms with E-state index in [0.717, 1.165) is 47.7 Å². The average molecular weight is 468 g/mol. The number of rotatable bonds is 0. The minimum absolute atomic E-state index is 0. The number of hydrogen-bond donors (Lipinski definition) is 3. The van der Waals surface area contributed by atoms with E-state index >= 15 is 0 Å². The molecule has 0 aromatic heterocycles. The van der Waals surface area contributed by atoms with Crippen LogP contribution in [0.1, 0.15) is 37.8 Å². The maximum Gasteiger partial charge on any atom is 0.117 e. The Bertz CT molecular complexity index is 772. The predicted molar refractivity (Wildman–Crippen MR) is 112 cm³/mol. The molecule has 0 amide bonds. The molecular formula is C20H24Br2N2O. The summed E-state index contributed by atoms with van der Waals surface area (Å²) in [5.74, 6) is 0.335. The number of piperidine rings is 1. The van der Waals surface area contributed by atoms with Gasteiger partial charge in [0.05, 0.1) is 6.04 Å². The molecule has 3 nitrogen and oxygen atoms in total. The lowest BCUT2D eigenvalue weighted by atomic mass is 9.85. The highest BCUT2D eigenvalue weighted by Crippen LogP contribution is 2.43. The van der Waals surface area contributed by atoms with Gasteiger partial charge in [0, 0.05) is 15.2 Å². The molecule has 3 N–H and O–H groups in total. The van der Waals surface area contributed by atoms with Crippen LogP contribution in [0.4, 0.5) is 0 Å². The Morgan fingerprint density at radius 1 is 1.04 bits per heavy atom. The molecule has 1 aromatic rings. The first-order valence-electron chi connectivity index (χ1n) is 8.40. The number of hydrogen-bond acceptors (Lipinski definition) is 3. The van der Waals surface area contributed by atoms with Crippen molar-refractivity contribution in [3.63, 3.8) is 0 Å². The number of fused-ring (bicyclic) bond motifs is 2. The molecule has 0 radical (unpaired) electrons. The van der Waals surface area contributed by atoms with E-state index in [1.165, 1.54) is 27.8 Å². The molecule has 4 rings (SSSR count). The van der Waals surface area contributed by atoms with Crippen molar-refractivity contribution in [2.45, 2.75) is 39.2 Å². The van der Waals surface area contributed by atoms with Crippen molar-refractivity contribution >= 4 is 37.4 Å². The molecule has 0 spiro atoms. The van der Waals surface area contributed by atoms with Crippen molar-refractivity contribution < 1.29 is 5.11 Å². The second kappa shape index (κ2) is 7.68. The molecule has 1 aromatic carbocycles. The van der Waals surface area contributed by atoms with E-state index in [-0.39, 0.29) is 13.5 Å². The molecular weight excluding hydrogens is 444 g/mol. The third-order valence-corrected chi connectivity index (χ3v) is 6.15. The molecule has 1 fully saturated rings. The Kier molecular flexibility index (Phi) is 5.76. The molecule has 2 heterocycles. The van der Waals surface area contributed by atoms with Gasteiger partial charge in [0.1, 0.15) is 5.75 Å². The highest BCUT2D eigenvalue weighted by molar-refractivity contribution is 9.12. The summed E-state index contributed by atoms with van der Waals surface area (Å²) in [4.78, 5) is 0. The van der Waals surface area contributed by atoms with Crippen LogP contribution in [0.15, 0.2) is 44.5 Å². The fraction of sp³-hybridized carbons (Fsp3) is 0.400. The summed E-state index contributed by atoms with van der Waals surface area (Å²) in [5, 5.41) is 17.1. The van der Waals surface area contributed by atoms with Crippen LogP contribution in [-0.4, -0.2) is 24.2 Å². The minimum Gasteiger partial charge on any atom is -0.508 e. The number of phenolic OH excluding ortho intramolecular Hbond substituents is 1. The second-order valence-electron chi connectivity index (χ2n) is 6.58. The van der Waals surface area contributed by atoms with Crippen LogP contribution >= 0.6 is 31.9 Å². The monoisotopic (exact) mass is 466 g/mol. The van der Waals surface area contributed by atoms with Crippen molar-refractivity contribution in [1.82, 2.24) is 10.6 Å². The zero-order valence-corrected chi connectivity index (χ0v) is 16.5. The summed E-state index contributed by atoms with van der Waals surface area (Å²) < 4.78 is 2.09. The SMILES string of the molecule is C.Oc1cc(Br)c2c(c1)CCC1=CC(Br)=CNC1C2=C1CCNCC1. The molecule has 1 unspecified atom stereocenters. The maximum atomic E-state index is 10.1. The molecule has 2 aliphatic heterocycles. The van der Waals surface area contributed by atoms with Gasteiger partial charge in [-0.1, -0.05) is 28.9 Å². The van der Waals surface area contributed by atoms with E-state index in [2.05, 4.69) is 54.8 Å². The first-order chi connectivity index (χ1) is 11.6. The normalized spacial score (nSPS) is 22.6. The minimum atomic E-state index is 0. The lowest BCUT2D eigenvalue weighted by Crippen LogP contribution is -2.33. The van der Waals surface area contributed by atoms with Crippen LogP contribution in [0.3, 0.4) is 0 Å². The highest BCUT2D eigenvalue weighted by atomic mass is 79.9. The number of aryl methyl sites for hydroxylation is 1. The summed E-state index contributed by atoms with van der Waals surface area (Å²) in [5.41, 5.74) is 6.85. The summed E-state index contributed by atoms with van der Waals surface area (Å²) in [6.07, 6.45) is 8.41. The van der Waals surface area contributed by atoms with E-state index in [1.54, 1.807) is 0 Å². The van der Waals surface area contributed by atoms with Crippen LogP contribution < -0.4 is 10.6 Å². The lowest BCUT2D eigenvalue weighted by molar-refractivity contribution is 0.474. The van der Waals surface area contributed by atoms with Gasteiger partial charge in [0.25, 0.3) is 0 Å². The molecule has 1 saturated heterocycles. The highest BCUT2D eigenvalue weighted by Gasteiger charge is 2.31. The summed E-state index contributed by atoms with van der Waals surface area (Å²) in [7, 11) is 0. The van der Waals surface area contributed by atoms with Crippen LogP contribution in [0, 0.1) is 0 Å². The zero-order chi connectivity index (χ0) is 16.7. The maximum absolute atomic E-state index is 10.1. The Hall–Kier alpha value is -1.04. The number of aromatic hydroxyl groups is 1. The van der Waals surface area contributed by atoms with Crippen LogP contribution in [-0.2, 0) is 6.42 Å². The van der Waals surface area contributed by atoms with Gasteiger partial charge in [-0.25, -0.2) is 0 Å². The summed E-state index contributed by atoms with van der Waals surface area (Å²) in [6, 6.07) is 3.98. The van der Waals surface area contributed by atoms with Gasteiger partial charge in [-0.2, -0.15) is 0 Å². The van der Waals surface area contributed by atoms with E-state index in [9.17, 15) is 5.11 Å². The quantitative estimate of drug-likeness (QED) is 0.502. The molecule has 0 saturated carbocycles. The van der Waals surface area contributed by atoms with Gasteiger partial charge >= 0.3 is 0 Å². The fourth-order valence-electron chi connectivity index (χ4n) is 4.01. The van der Waals surface area contributed by atoms with Crippen molar-refractivity contribution in [2.75, 3.05) is 13.1 Å². The van der Waals surface area contributed by atoms with Crippen LogP contribution in [0.25, 0.3) is 5.57 Å². The molecule has 3 aliphatic rings. The van der Waals surface area contributed by atoms with Gasteiger partial charge < -0.3 is 15.7 Å². The molecule has 5 heteroatoms. The molecule has 1 aliphatic carbocycles. The Labute approximate surface area is 166 Å². The van der Waals surface area contributed by atoms with Crippen molar-refractivity contribution in [1.29, 1.82) is 0 Å². The Morgan fingerprint density at radius 2 is 1.80 bits per heavy atom. The Morgan fingerprint density at radius 3 is 2.56 bits per heavy atom. The van der Waals surface area contributed by atoms with Gasteiger partial charge in [-0.15, -0.1) is 0 Å². The van der Waals surface area contributed by atoms with Gasteiger partial charge in [0.2, 0.25) is 0 Å². The van der Waals surface area contributed by atoms with E-state index < -0.39 is 0 Å². The number of halogens is 2. The van der Waals surface area contributed by atoms with E-state index in [0.29, 0.717) is 5.75 Å². The van der Waals surface area contributed by atoms with E-state index in [1.807, 2.05) is 12.1 Å². The van der Waals surface area contributed by atoms with Gasteiger partial charge in [-0.3, -0.25) is 0 Å². The average Bonchev–Trinajstić information content (AvgIpc) is 2.72. The lowest BCUT2D eigenvalue weighted by Gasteiger charge is -2.30. The summed E-state index contributed by atoms with van der Waals surface area (Å²) >= 11 is 7.32. The fourth-order valence-corrected chi connectivity index (χ4v) is 5.13. The Balaban J connectivity index is 0.00000182. The zero-order valence-electron chi connectivity index (χ0n) is 13.3. The van der Waals surface area contributed by atoms with Crippen molar-refractivity contribution in [3.8, 4) is 5.75 Å². The first-order valence-corrected chi connectivity index (χ1v) is 9.98. The third kappa shape index (κ3) is 3.60. The number of dihydropyridines is 1. The molecule has 0 bridgehead atoms. The molecule has 1 atom stereocenters. The number of nitrogens with one attached hydrogen (secondary N) is 2. The van der Waals surface area contributed by atoms with E-state index in [4.69, 9.17) is 0 Å². The molecule has 134 valence electrons. The van der Waals surface area contributed by atoms with Crippen molar-refractivity contribution in [3.05, 3.63) is 55.6 Å².